The van der Waals surface area contributed by atoms with E-state index < -0.39 is 57.7 Å². The number of nitrogens with two attached hydrogens (primary N) is 1. The third-order valence-corrected chi connectivity index (χ3v) is 9.11. The van der Waals surface area contributed by atoms with Crippen molar-refractivity contribution in [1.82, 2.24) is 4.90 Å². The summed E-state index contributed by atoms with van der Waals surface area (Å²) in [6.45, 7) is -0.103. The number of nitrogens with zero attached hydrogens (tertiary/aromatic N) is 1. The Hall–Kier alpha value is -3.68. The molecule has 1 aliphatic heterocycles. The Bertz CT molecular complexity index is 1390. The lowest BCUT2D eigenvalue weighted by atomic mass is 9.54. The van der Waals surface area contributed by atoms with Gasteiger partial charge >= 0.3 is 5.97 Å². The van der Waals surface area contributed by atoms with E-state index >= 15 is 0 Å². The van der Waals surface area contributed by atoms with E-state index in [0.717, 1.165) is 4.90 Å². The Kier molecular flexibility index (Phi) is 5.63. The number of rotatable bonds is 6. The maximum atomic E-state index is 14.1. The molecule has 3 amide bonds. The fraction of sp³-hybridized carbons (Fsp3) is 0.241. The molecule has 4 aliphatic rings. The number of esters is 1. The Morgan fingerprint density at radius 1 is 0.789 bits per heavy atom. The Balaban J connectivity index is 1.45. The number of benzene rings is 3. The molecular formula is C29H22Cl2N2O5. The smallest absolute Gasteiger partial charge is 0.330 e. The summed E-state index contributed by atoms with van der Waals surface area (Å²) >= 11 is 14.8. The molecule has 2 N–H and O–H groups in total. The van der Waals surface area contributed by atoms with Crippen LogP contribution in [0.3, 0.4) is 0 Å². The van der Waals surface area contributed by atoms with Crippen molar-refractivity contribution in [2.45, 2.75) is 28.8 Å². The molecular weight excluding hydrogens is 527 g/mol. The van der Waals surface area contributed by atoms with E-state index in [1.165, 1.54) is 0 Å². The molecule has 2 bridgehead atoms. The molecule has 3 aromatic carbocycles. The molecule has 192 valence electrons. The van der Waals surface area contributed by atoms with Crippen LogP contribution in [0.2, 0.25) is 0 Å². The van der Waals surface area contributed by atoms with Crippen LogP contribution in [0.5, 0.6) is 0 Å². The van der Waals surface area contributed by atoms with Crippen LogP contribution in [0.25, 0.3) is 0 Å². The lowest BCUT2D eigenvalue weighted by molar-refractivity contribution is -0.160. The van der Waals surface area contributed by atoms with Gasteiger partial charge in [0, 0.05) is 0 Å². The third-order valence-electron chi connectivity index (χ3n) is 7.82. The normalized spacial score (nSPS) is 27.4. The molecule has 7 nitrogen and oxygen atoms in total. The van der Waals surface area contributed by atoms with Gasteiger partial charge in [-0.2, -0.15) is 0 Å². The van der Waals surface area contributed by atoms with Crippen LogP contribution in [0.4, 0.5) is 0 Å². The number of hydrogen-bond donors (Lipinski definition) is 1. The van der Waals surface area contributed by atoms with Crippen molar-refractivity contribution >= 4 is 46.9 Å². The maximum Gasteiger partial charge on any atom is 0.330 e. The molecule has 3 atom stereocenters. The van der Waals surface area contributed by atoms with E-state index in [4.69, 9.17) is 33.7 Å². The number of halogens is 2. The summed E-state index contributed by atoms with van der Waals surface area (Å²) in [4.78, 5) is 51.5. The van der Waals surface area contributed by atoms with Gasteiger partial charge in [-0.3, -0.25) is 19.3 Å². The molecule has 9 heteroatoms. The van der Waals surface area contributed by atoms with E-state index in [2.05, 4.69) is 0 Å². The molecule has 0 unspecified atom stereocenters. The van der Waals surface area contributed by atoms with Crippen molar-refractivity contribution in [2.75, 3.05) is 0 Å². The predicted molar refractivity (Wildman–Crippen MR) is 139 cm³/mol. The van der Waals surface area contributed by atoms with Gasteiger partial charge in [0.15, 0.2) is 0 Å². The number of carbonyl (C=O) groups excluding carboxylic acids is 4. The number of primary amides is 1. The molecule has 3 aliphatic carbocycles. The molecule has 1 saturated heterocycles. The fourth-order valence-electron chi connectivity index (χ4n) is 6.29. The second kappa shape index (κ2) is 8.68. The number of alkyl halides is 2. The van der Waals surface area contributed by atoms with Crippen molar-refractivity contribution in [3.63, 3.8) is 0 Å². The summed E-state index contributed by atoms with van der Waals surface area (Å²) in [6.07, 6.45) is -0.588. The van der Waals surface area contributed by atoms with Crippen molar-refractivity contribution in [2.24, 2.45) is 17.6 Å². The molecule has 7 rings (SSSR count). The fourth-order valence-corrected chi connectivity index (χ4v) is 7.39. The minimum Gasteiger partial charge on any atom is -0.459 e. The molecule has 1 heterocycles. The summed E-state index contributed by atoms with van der Waals surface area (Å²) in [7, 11) is 0. The van der Waals surface area contributed by atoms with Gasteiger partial charge in [-0.15, -0.1) is 23.2 Å². The lowest BCUT2D eigenvalue weighted by Gasteiger charge is -2.54. The van der Waals surface area contributed by atoms with Gasteiger partial charge in [0.2, 0.25) is 17.7 Å². The van der Waals surface area contributed by atoms with Gasteiger partial charge in [-0.25, -0.2) is 4.79 Å². The molecule has 0 radical (unpaired) electrons. The van der Waals surface area contributed by atoms with Crippen molar-refractivity contribution in [1.29, 1.82) is 0 Å². The van der Waals surface area contributed by atoms with Crippen LogP contribution in [-0.2, 0) is 40.3 Å². The SMILES string of the molecule is NC(=O)C[C@H](C(=O)OCc1ccccc1)N1C(=O)[C@@H]2[C@@H](C1=O)C1(Cl)c3ccccc3C2(Cl)c2ccccc21. The first-order valence-electron chi connectivity index (χ1n) is 12.1. The van der Waals surface area contributed by atoms with Gasteiger partial charge in [0.1, 0.15) is 22.4 Å². The zero-order valence-corrected chi connectivity index (χ0v) is 21.5. The molecule has 0 saturated carbocycles. The maximum absolute atomic E-state index is 14.1. The first-order chi connectivity index (χ1) is 18.2. The first kappa shape index (κ1) is 24.6. The van der Waals surface area contributed by atoms with Crippen molar-refractivity contribution in [3.8, 4) is 0 Å². The number of likely N-dealkylation sites (tertiary alicyclic amines) is 1. The summed E-state index contributed by atoms with van der Waals surface area (Å²) in [6, 6.07) is 21.8. The van der Waals surface area contributed by atoms with Crippen LogP contribution in [0.1, 0.15) is 34.2 Å². The summed E-state index contributed by atoms with van der Waals surface area (Å²) in [5, 5.41) is 0. The van der Waals surface area contributed by atoms with Crippen molar-refractivity contribution < 1.29 is 23.9 Å². The zero-order valence-electron chi connectivity index (χ0n) is 20.0. The van der Waals surface area contributed by atoms with Crippen LogP contribution in [0, 0.1) is 11.8 Å². The number of amides is 3. The quantitative estimate of drug-likeness (QED) is 0.288. The minimum absolute atomic E-state index is 0.103. The van der Waals surface area contributed by atoms with Crippen LogP contribution < -0.4 is 5.73 Å². The average Bonchev–Trinajstić information content (AvgIpc) is 3.20. The predicted octanol–water partition coefficient (Wildman–Crippen LogP) is 3.57. The molecule has 0 spiro atoms. The second-order valence-electron chi connectivity index (χ2n) is 9.80. The molecule has 0 aromatic heterocycles. The Morgan fingerprint density at radius 3 is 1.63 bits per heavy atom. The van der Waals surface area contributed by atoms with Gasteiger partial charge < -0.3 is 10.5 Å². The third kappa shape index (κ3) is 3.21. The average molecular weight is 549 g/mol. The number of ether oxygens (including phenoxy) is 1. The number of imide groups is 1. The van der Waals surface area contributed by atoms with Crippen LogP contribution in [-0.4, -0.2) is 34.6 Å². The Morgan fingerprint density at radius 2 is 1.21 bits per heavy atom. The highest BCUT2D eigenvalue weighted by atomic mass is 35.5. The molecule has 3 aromatic rings. The topological polar surface area (TPSA) is 107 Å². The molecule has 38 heavy (non-hydrogen) atoms. The van der Waals surface area contributed by atoms with E-state index in [-0.39, 0.29) is 6.61 Å². The highest BCUT2D eigenvalue weighted by molar-refractivity contribution is 6.36. The summed E-state index contributed by atoms with van der Waals surface area (Å²) in [5.41, 5.74) is 8.70. The Labute approximate surface area is 228 Å². The second-order valence-corrected chi connectivity index (χ2v) is 11.0. The van der Waals surface area contributed by atoms with Gasteiger partial charge in [0.05, 0.1) is 18.3 Å². The standard InChI is InChI=1S/C29H22Cl2N2O5/c30-28-17-10-4-5-11-18(17)29(31,20-13-7-6-12-19(20)28)24-23(28)25(35)33(26(24)36)21(14-22(32)34)27(37)38-15-16-8-2-1-3-9-16/h1-13,21,23-24H,14-15H2,(H2,32,34)/t21-,23+,24+,28?,29?/m1/s1. The first-order valence-corrected chi connectivity index (χ1v) is 12.9. The summed E-state index contributed by atoms with van der Waals surface area (Å²) in [5.74, 6) is -5.35. The van der Waals surface area contributed by atoms with Crippen molar-refractivity contribution in [3.05, 3.63) is 107 Å². The zero-order chi connectivity index (χ0) is 26.8. The van der Waals surface area contributed by atoms with E-state index in [9.17, 15) is 19.2 Å². The highest BCUT2D eigenvalue weighted by Gasteiger charge is 2.73. The summed E-state index contributed by atoms with van der Waals surface area (Å²) < 4.78 is 5.44. The number of carbonyl (C=O) groups is 4. The van der Waals surface area contributed by atoms with E-state index in [0.29, 0.717) is 27.8 Å². The van der Waals surface area contributed by atoms with E-state index in [1.54, 1.807) is 72.8 Å². The van der Waals surface area contributed by atoms with Gasteiger partial charge in [0.25, 0.3) is 0 Å². The number of hydrogen-bond acceptors (Lipinski definition) is 5. The van der Waals surface area contributed by atoms with Crippen LogP contribution >= 0.6 is 23.2 Å². The highest BCUT2D eigenvalue weighted by Crippen LogP contribution is 2.69. The minimum atomic E-state index is -1.55. The van der Waals surface area contributed by atoms with E-state index in [1.807, 2.05) is 6.07 Å². The largest absolute Gasteiger partial charge is 0.459 e. The molecule has 1 fully saturated rings. The lowest BCUT2D eigenvalue weighted by Crippen LogP contribution is -2.57. The van der Waals surface area contributed by atoms with Crippen LogP contribution in [0.15, 0.2) is 78.9 Å². The van der Waals surface area contributed by atoms with Gasteiger partial charge in [-0.05, 0) is 27.8 Å². The monoisotopic (exact) mass is 548 g/mol. The van der Waals surface area contributed by atoms with Gasteiger partial charge in [-0.1, -0.05) is 78.9 Å².